The number of pyridine rings is 1. The van der Waals surface area contributed by atoms with Gasteiger partial charge in [-0.15, -0.1) is 0 Å². The maximum Gasteiger partial charge on any atom is 0.258 e. The highest BCUT2D eigenvalue weighted by molar-refractivity contribution is 5.77. The van der Waals surface area contributed by atoms with Crippen LogP contribution in [0.3, 0.4) is 0 Å². The van der Waals surface area contributed by atoms with Crippen LogP contribution in [-0.2, 0) is 11.3 Å². The highest BCUT2D eigenvalue weighted by atomic mass is 19.1. The van der Waals surface area contributed by atoms with E-state index in [0.29, 0.717) is 22.8 Å². The van der Waals surface area contributed by atoms with Crippen LogP contribution in [0.4, 0.5) is 4.39 Å². The monoisotopic (exact) mass is 382 g/mol. The molecule has 1 aromatic heterocycles. The number of methoxy groups -OCH3 is 1. The molecular weight excluding hydrogens is 363 g/mol. The molecule has 0 saturated heterocycles. The van der Waals surface area contributed by atoms with Crippen molar-refractivity contribution >= 4 is 5.91 Å². The van der Waals surface area contributed by atoms with Crippen LogP contribution < -0.4 is 19.5 Å². The van der Waals surface area contributed by atoms with Crippen molar-refractivity contribution in [1.82, 2.24) is 10.3 Å². The molecule has 0 spiro atoms. The first-order valence-electron chi connectivity index (χ1n) is 8.54. The number of benzene rings is 2. The van der Waals surface area contributed by atoms with Crippen LogP contribution in [0.25, 0.3) is 0 Å². The SMILES string of the molecule is COc1ccc(OCC(=O)NCc2ccc(Oc3cccnc3)c(F)c2)cc1. The Morgan fingerprint density at radius 3 is 2.54 bits per heavy atom. The third-order valence-electron chi connectivity index (χ3n) is 3.78. The number of carbonyl (C=O) groups is 1. The fourth-order valence-corrected chi connectivity index (χ4v) is 2.34. The summed E-state index contributed by atoms with van der Waals surface area (Å²) in [6.07, 6.45) is 3.10. The molecule has 0 unspecified atom stereocenters. The van der Waals surface area contributed by atoms with Crippen LogP contribution in [0.15, 0.2) is 67.0 Å². The summed E-state index contributed by atoms with van der Waals surface area (Å²) < 4.78 is 30.1. The zero-order chi connectivity index (χ0) is 19.8. The Bertz CT molecular complexity index is 917. The fourth-order valence-electron chi connectivity index (χ4n) is 2.34. The molecule has 0 aliphatic heterocycles. The predicted octanol–water partition coefficient (Wildman–Crippen LogP) is 3.72. The lowest BCUT2D eigenvalue weighted by Crippen LogP contribution is -2.28. The second kappa shape index (κ2) is 9.36. The van der Waals surface area contributed by atoms with Crippen molar-refractivity contribution in [2.75, 3.05) is 13.7 Å². The van der Waals surface area contributed by atoms with Crippen LogP contribution in [0.2, 0.25) is 0 Å². The molecule has 0 aliphatic carbocycles. The molecule has 1 heterocycles. The first kappa shape index (κ1) is 19.2. The van der Waals surface area contributed by atoms with Gasteiger partial charge in [0.2, 0.25) is 0 Å². The normalized spacial score (nSPS) is 10.2. The summed E-state index contributed by atoms with van der Waals surface area (Å²) in [7, 11) is 1.57. The summed E-state index contributed by atoms with van der Waals surface area (Å²) in [6, 6.07) is 14.8. The van der Waals surface area contributed by atoms with Crippen molar-refractivity contribution in [2.45, 2.75) is 6.54 Å². The summed E-state index contributed by atoms with van der Waals surface area (Å²) >= 11 is 0. The standard InChI is InChI=1S/C21H19FN2O4/c1-26-16-5-7-17(8-6-16)27-14-21(25)24-12-15-4-9-20(19(22)11-15)28-18-3-2-10-23-13-18/h2-11,13H,12,14H2,1H3,(H,24,25). The molecule has 0 saturated carbocycles. The lowest BCUT2D eigenvalue weighted by atomic mass is 10.2. The molecule has 1 N–H and O–H groups in total. The van der Waals surface area contributed by atoms with E-state index < -0.39 is 5.82 Å². The van der Waals surface area contributed by atoms with Gasteiger partial charge < -0.3 is 19.5 Å². The van der Waals surface area contributed by atoms with E-state index >= 15 is 0 Å². The predicted molar refractivity (Wildman–Crippen MR) is 101 cm³/mol. The van der Waals surface area contributed by atoms with Crippen LogP contribution in [0.1, 0.15) is 5.56 Å². The number of nitrogens with one attached hydrogen (secondary N) is 1. The molecule has 144 valence electrons. The number of nitrogens with zero attached hydrogens (tertiary/aromatic N) is 1. The van der Waals surface area contributed by atoms with E-state index in [9.17, 15) is 9.18 Å². The second-order valence-corrected chi connectivity index (χ2v) is 5.80. The summed E-state index contributed by atoms with van der Waals surface area (Å²) in [4.78, 5) is 15.8. The number of halogens is 1. The number of rotatable bonds is 8. The Hall–Kier alpha value is -3.61. The van der Waals surface area contributed by atoms with Gasteiger partial charge in [-0.1, -0.05) is 6.07 Å². The molecule has 0 aliphatic rings. The number of amides is 1. The fraction of sp³-hybridized carbons (Fsp3) is 0.143. The van der Waals surface area contributed by atoms with Gasteiger partial charge in [-0.05, 0) is 54.1 Å². The minimum Gasteiger partial charge on any atom is -0.497 e. The van der Waals surface area contributed by atoms with E-state index in [1.54, 1.807) is 55.8 Å². The van der Waals surface area contributed by atoms with E-state index in [1.807, 2.05) is 0 Å². The van der Waals surface area contributed by atoms with E-state index in [1.165, 1.54) is 18.3 Å². The quantitative estimate of drug-likeness (QED) is 0.643. The van der Waals surface area contributed by atoms with Gasteiger partial charge >= 0.3 is 0 Å². The van der Waals surface area contributed by atoms with Gasteiger partial charge in [0.05, 0.1) is 13.3 Å². The van der Waals surface area contributed by atoms with Crippen molar-refractivity contribution in [1.29, 1.82) is 0 Å². The van der Waals surface area contributed by atoms with Crippen LogP contribution in [-0.4, -0.2) is 24.6 Å². The van der Waals surface area contributed by atoms with Gasteiger partial charge in [0, 0.05) is 12.7 Å². The first-order valence-corrected chi connectivity index (χ1v) is 8.54. The van der Waals surface area contributed by atoms with Crippen molar-refractivity contribution in [3.63, 3.8) is 0 Å². The minimum atomic E-state index is -0.523. The molecule has 2 aromatic carbocycles. The van der Waals surface area contributed by atoms with Gasteiger partial charge in [-0.3, -0.25) is 9.78 Å². The van der Waals surface area contributed by atoms with Crippen molar-refractivity contribution in [3.8, 4) is 23.0 Å². The third-order valence-corrected chi connectivity index (χ3v) is 3.78. The summed E-state index contributed by atoms with van der Waals surface area (Å²) in [6.45, 7) is 0.0336. The number of hydrogen-bond donors (Lipinski definition) is 1. The molecule has 3 aromatic rings. The van der Waals surface area contributed by atoms with E-state index in [2.05, 4.69) is 10.3 Å². The van der Waals surface area contributed by atoms with Crippen LogP contribution in [0, 0.1) is 5.82 Å². The number of hydrogen-bond acceptors (Lipinski definition) is 5. The maximum absolute atomic E-state index is 14.2. The third kappa shape index (κ3) is 5.44. The van der Waals surface area contributed by atoms with Gasteiger partial charge in [0.25, 0.3) is 5.91 Å². The Morgan fingerprint density at radius 2 is 1.86 bits per heavy atom. The molecule has 28 heavy (non-hydrogen) atoms. The number of aromatic nitrogens is 1. The summed E-state index contributed by atoms with van der Waals surface area (Å²) in [5.41, 5.74) is 0.605. The average Bonchev–Trinajstić information content (AvgIpc) is 2.73. The van der Waals surface area contributed by atoms with E-state index in [4.69, 9.17) is 14.2 Å². The Labute approximate surface area is 161 Å². The number of carbonyl (C=O) groups excluding carboxylic acids is 1. The van der Waals surface area contributed by atoms with Gasteiger partial charge in [-0.2, -0.15) is 0 Å². The highest BCUT2D eigenvalue weighted by Crippen LogP contribution is 2.24. The van der Waals surface area contributed by atoms with Gasteiger partial charge in [0.15, 0.2) is 18.2 Å². The van der Waals surface area contributed by atoms with Crippen molar-refractivity contribution < 1.29 is 23.4 Å². The molecular formula is C21H19FN2O4. The lowest BCUT2D eigenvalue weighted by Gasteiger charge is -2.10. The molecule has 0 bridgehead atoms. The molecule has 3 rings (SSSR count). The molecule has 7 heteroatoms. The van der Waals surface area contributed by atoms with Crippen molar-refractivity contribution in [3.05, 3.63) is 78.4 Å². The molecule has 0 atom stereocenters. The summed E-state index contributed by atoms with van der Waals surface area (Å²) in [5, 5.41) is 2.68. The molecule has 0 radical (unpaired) electrons. The lowest BCUT2D eigenvalue weighted by molar-refractivity contribution is -0.123. The first-order chi connectivity index (χ1) is 13.6. The highest BCUT2D eigenvalue weighted by Gasteiger charge is 2.08. The molecule has 1 amide bonds. The second-order valence-electron chi connectivity index (χ2n) is 5.80. The zero-order valence-corrected chi connectivity index (χ0v) is 15.2. The Morgan fingerprint density at radius 1 is 1.07 bits per heavy atom. The molecule has 6 nitrogen and oxygen atoms in total. The smallest absolute Gasteiger partial charge is 0.258 e. The van der Waals surface area contributed by atoms with Crippen LogP contribution in [0.5, 0.6) is 23.0 Å². The largest absolute Gasteiger partial charge is 0.497 e. The van der Waals surface area contributed by atoms with E-state index in [-0.39, 0.29) is 24.8 Å². The minimum absolute atomic E-state index is 0.0888. The van der Waals surface area contributed by atoms with Crippen LogP contribution >= 0.6 is 0 Å². The average molecular weight is 382 g/mol. The topological polar surface area (TPSA) is 69.7 Å². The number of ether oxygens (including phenoxy) is 3. The Balaban J connectivity index is 1.48. The Kier molecular flexibility index (Phi) is 6.41. The van der Waals surface area contributed by atoms with E-state index in [0.717, 1.165) is 0 Å². The van der Waals surface area contributed by atoms with Gasteiger partial charge in [-0.25, -0.2) is 4.39 Å². The summed E-state index contributed by atoms with van der Waals surface area (Å²) in [5.74, 6) is 0.953. The maximum atomic E-state index is 14.2. The van der Waals surface area contributed by atoms with Gasteiger partial charge in [0.1, 0.15) is 17.2 Å². The molecule has 0 fully saturated rings. The van der Waals surface area contributed by atoms with Crippen molar-refractivity contribution in [2.24, 2.45) is 0 Å². The zero-order valence-electron chi connectivity index (χ0n) is 15.2.